The highest BCUT2D eigenvalue weighted by Crippen LogP contribution is 2.47. The third-order valence-electron chi connectivity index (χ3n) is 9.23. The van der Waals surface area contributed by atoms with Crippen LogP contribution in [0.4, 0.5) is 4.79 Å². The van der Waals surface area contributed by atoms with Crippen LogP contribution in [-0.2, 0) is 19.3 Å². The molecule has 0 unspecified atom stereocenters. The molecule has 0 spiro atoms. The summed E-state index contributed by atoms with van der Waals surface area (Å²) in [6, 6.07) is 0. The smallest absolute Gasteiger partial charge is 0.504 e. The van der Waals surface area contributed by atoms with Gasteiger partial charge in [0, 0.05) is 11.1 Å². The Labute approximate surface area is 278 Å². The fourth-order valence-corrected chi connectivity index (χ4v) is 6.49. The van der Waals surface area contributed by atoms with Gasteiger partial charge in [-0.1, -0.05) is 163 Å². The minimum atomic E-state index is -1.40. The van der Waals surface area contributed by atoms with Crippen LogP contribution in [0.15, 0.2) is 0 Å². The summed E-state index contributed by atoms with van der Waals surface area (Å²) in [5, 5.41) is 21.4. The van der Waals surface area contributed by atoms with Gasteiger partial charge < -0.3 is 19.7 Å². The van der Waals surface area contributed by atoms with E-state index in [-0.39, 0.29) is 11.5 Å². The summed E-state index contributed by atoms with van der Waals surface area (Å²) in [7, 11) is 0. The number of aromatic hydroxyl groups is 1. The first-order chi connectivity index (χ1) is 22.0. The SMILES string of the molecule is CCCCCCCCCc1c(O)c(OC(=O)O)c(OCCCCCC)c(CCCCCCCCC)c1CCCCCCCCC. The molecule has 5 nitrogen and oxygen atoms in total. The van der Waals surface area contributed by atoms with E-state index < -0.39 is 6.16 Å². The summed E-state index contributed by atoms with van der Waals surface area (Å²) in [5.41, 5.74) is 3.21. The largest absolute Gasteiger partial charge is 0.511 e. The minimum Gasteiger partial charge on any atom is -0.504 e. The number of unbranched alkanes of at least 4 members (excludes halogenated alkanes) is 21. The number of phenols is 1. The Hall–Kier alpha value is -1.91. The van der Waals surface area contributed by atoms with Crippen molar-refractivity contribution in [2.24, 2.45) is 0 Å². The molecule has 0 atom stereocenters. The number of rotatable bonds is 31. The first kappa shape index (κ1) is 41.1. The van der Waals surface area contributed by atoms with Gasteiger partial charge in [-0.25, -0.2) is 4.79 Å². The van der Waals surface area contributed by atoms with E-state index >= 15 is 0 Å². The van der Waals surface area contributed by atoms with E-state index in [1.54, 1.807) is 0 Å². The van der Waals surface area contributed by atoms with Crippen molar-refractivity contribution < 1.29 is 24.5 Å². The number of carbonyl (C=O) groups is 1. The lowest BCUT2D eigenvalue weighted by Crippen LogP contribution is -2.12. The van der Waals surface area contributed by atoms with Gasteiger partial charge in [-0.3, -0.25) is 0 Å². The van der Waals surface area contributed by atoms with Gasteiger partial charge >= 0.3 is 6.16 Å². The highest BCUT2D eigenvalue weighted by atomic mass is 16.7. The molecular formula is C40H72O5. The molecule has 0 bridgehead atoms. The summed E-state index contributed by atoms with van der Waals surface area (Å²) in [5.74, 6) is 0.504. The molecule has 1 aromatic carbocycles. The van der Waals surface area contributed by atoms with E-state index in [9.17, 15) is 15.0 Å². The predicted octanol–water partition coefficient (Wildman–Crippen LogP) is 13.3. The lowest BCUT2D eigenvalue weighted by molar-refractivity contribution is 0.140. The van der Waals surface area contributed by atoms with Crippen LogP contribution in [0.2, 0.25) is 0 Å². The van der Waals surface area contributed by atoms with Gasteiger partial charge in [-0.2, -0.15) is 0 Å². The van der Waals surface area contributed by atoms with Crippen LogP contribution in [-0.4, -0.2) is 23.0 Å². The molecule has 45 heavy (non-hydrogen) atoms. The average Bonchev–Trinajstić information content (AvgIpc) is 3.02. The van der Waals surface area contributed by atoms with Gasteiger partial charge in [0.2, 0.25) is 5.75 Å². The molecule has 0 aliphatic heterocycles. The first-order valence-corrected chi connectivity index (χ1v) is 19.4. The van der Waals surface area contributed by atoms with Crippen molar-refractivity contribution in [2.75, 3.05) is 6.61 Å². The van der Waals surface area contributed by atoms with Gasteiger partial charge in [0.25, 0.3) is 0 Å². The van der Waals surface area contributed by atoms with Crippen LogP contribution in [0.1, 0.15) is 205 Å². The quantitative estimate of drug-likeness (QED) is 0.0484. The van der Waals surface area contributed by atoms with Crippen molar-refractivity contribution in [2.45, 2.75) is 207 Å². The van der Waals surface area contributed by atoms with Crippen molar-refractivity contribution in [1.82, 2.24) is 0 Å². The van der Waals surface area contributed by atoms with Crippen LogP contribution in [0.5, 0.6) is 17.2 Å². The van der Waals surface area contributed by atoms with E-state index in [4.69, 9.17) is 9.47 Å². The lowest BCUT2D eigenvalue weighted by atomic mass is 9.88. The molecule has 0 fully saturated rings. The Kier molecular flexibility index (Phi) is 25.9. The van der Waals surface area contributed by atoms with E-state index in [0.29, 0.717) is 12.4 Å². The molecule has 5 heteroatoms. The van der Waals surface area contributed by atoms with Crippen molar-refractivity contribution in [3.63, 3.8) is 0 Å². The van der Waals surface area contributed by atoms with Crippen LogP contribution < -0.4 is 9.47 Å². The summed E-state index contributed by atoms with van der Waals surface area (Å²) >= 11 is 0. The van der Waals surface area contributed by atoms with E-state index in [1.165, 1.54) is 108 Å². The molecule has 0 aliphatic rings. The standard InChI is InChI=1S/C40H72O5/c1-5-9-13-17-20-23-26-30-34-35(31-27-24-21-18-14-10-6-2)37(41)39(45-40(42)43)38(44-33-29-16-12-8-4)36(34)32-28-25-22-19-15-11-7-3/h41H,5-33H2,1-4H3,(H,42,43). The molecule has 2 N–H and O–H groups in total. The number of phenolic OH excluding ortho intramolecular Hbond substituents is 1. The minimum absolute atomic E-state index is 0.00629. The molecule has 0 heterocycles. The fraction of sp³-hybridized carbons (Fsp3) is 0.825. The summed E-state index contributed by atoms with van der Waals surface area (Å²) in [4.78, 5) is 11.9. The maximum atomic E-state index is 11.9. The van der Waals surface area contributed by atoms with E-state index in [2.05, 4.69) is 27.7 Å². The highest BCUT2D eigenvalue weighted by Gasteiger charge is 2.27. The number of benzene rings is 1. The molecule has 1 rings (SSSR count). The Morgan fingerprint density at radius 2 is 0.822 bits per heavy atom. The molecule has 262 valence electrons. The number of hydrogen-bond donors (Lipinski definition) is 2. The van der Waals surface area contributed by atoms with Crippen LogP contribution in [0.25, 0.3) is 0 Å². The predicted molar refractivity (Wildman–Crippen MR) is 191 cm³/mol. The maximum absolute atomic E-state index is 11.9. The molecule has 0 aliphatic carbocycles. The molecule has 0 saturated heterocycles. The number of carboxylic acid groups (broad SMARTS) is 1. The second kappa shape index (κ2) is 28.3. The Balaban J connectivity index is 3.34. The zero-order chi connectivity index (χ0) is 33.0. The topological polar surface area (TPSA) is 76.0 Å². The molecule has 1 aromatic rings. The average molecular weight is 633 g/mol. The molecule has 0 amide bonds. The van der Waals surface area contributed by atoms with Crippen molar-refractivity contribution in [3.8, 4) is 17.2 Å². The van der Waals surface area contributed by atoms with Crippen LogP contribution >= 0.6 is 0 Å². The van der Waals surface area contributed by atoms with Crippen molar-refractivity contribution in [3.05, 3.63) is 16.7 Å². The zero-order valence-corrected chi connectivity index (χ0v) is 30.1. The second-order valence-electron chi connectivity index (χ2n) is 13.3. The normalized spacial score (nSPS) is 11.3. The fourth-order valence-electron chi connectivity index (χ4n) is 6.49. The Morgan fingerprint density at radius 1 is 0.467 bits per heavy atom. The molecule has 0 aromatic heterocycles. The van der Waals surface area contributed by atoms with Crippen molar-refractivity contribution >= 4 is 6.16 Å². The third-order valence-corrected chi connectivity index (χ3v) is 9.23. The van der Waals surface area contributed by atoms with Gasteiger partial charge in [-0.15, -0.1) is 0 Å². The molecular weight excluding hydrogens is 560 g/mol. The maximum Gasteiger partial charge on any atom is 0.511 e. The molecule has 0 saturated carbocycles. The van der Waals surface area contributed by atoms with Gasteiger partial charge in [0.1, 0.15) is 0 Å². The van der Waals surface area contributed by atoms with E-state index in [1.807, 2.05) is 0 Å². The van der Waals surface area contributed by atoms with E-state index in [0.717, 1.165) is 88.2 Å². The Morgan fingerprint density at radius 3 is 1.24 bits per heavy atom. The lowest BCUT2D eigenvalue weighted by Gasteiger charge is -2.24. The van der Waals surface area contributed by atoms with Gasteiger partial charge in [0.05, 0.1) is 6.61 Å². The third kappa shape index (κ3) is 18.7. The first-order valence-electron chi connectivity index (χ1n) is 19.4. The highest BCUT2D eigenvalue weighted by molar-refractivity contribution is 5.70. The van der Waals surface area contributed by atoms with Gasteiger partial charge in [0.15, 0.2) is 11.5 Å². The summed E-state index contributed by atoms with van der Waals surface area (Å²) in [6.07, 6.45) is 31.0. The number of hydrogen-bond acceptors (Lipinski definition) is 4. The monoisotopic (exact) mass is 633 g/mol. The summed E-state index contributed by atoms with van der Waals surface area (Å²) in [6.45, 7) is 9.45. The van der Waals surface area contributed by atoms with Crippen LogP contribution in [0.3, 0.4) is 0 Å². The zero-order valence-electron chi connectivity index (χ0n) is 30.1. The van der Waals surface area contributed by atoms with Crippen LogP contribution in [0, 0.1) is 0 Å². The molecule has 0 radical (unpaired) electrons. The Bertz CT molecular complexity index is 865. The van der Waals surface area contributed by atoms with Gasteiger partial charge in [-0.05, 0) is 50.5 Å². The number of ether oxygens (including phenoxy) is 2. The second-order valence-corrected chi connectivity index (χ2v) is 13.3. The summed E-state index contributed by atoms with van der Waals surface area (Å²) < 4.78 is 11.8. The van der Waals surface area contributed by atoms with Crippen molar-refractivity contribution in [1.29, 1.82) is 0 Å².